The highest BCUT2D eigenvalue weighted by molar-refractivity contribution is 5.88. The van der Waals surface area contributed by atoms with Gasteiger partial charge in [0.1, 0.15) is 12.1 Å². The number of fused-ring (bicyclic) bond motifs is 3. The number of carbonyl (C=O) groups excluding carboxylic acids is 2. The van der Waals surface area contributed by atoms with Gasteiger partial charge in [0.05, 0.1) is 5.92 Å². The maximum Gasteiger partial charge on any atom is 0.407 e. The van der Waals surface area contributed by atoms with Crippen molar-refractivity contribution in [2.24, 2.45) is 5.92 Å². The first-order chi connectivity index (χ1) is 16.9. The summed E-state index contributed by atoms with van der Waals surface area (Å²) in [6.45, 7) is 3.72. The van der Waals surface area contributed by atoms with E-state index in [1.54, 1.807) is 13.8 Å². The van der Waals surface area contributed by atoms with Gasteiger partial charge in [0.2, 0.25) is 5.91 Å². The third-order valence-corrected chi connectivity index (χ3v) is 7.73. The van der Waals surface area contributed by atoms with Crippen molar-refractivity contribution in [3.63, 3.8) is 0 Å². The van der Waals surface area contributed by atoms with Gasteiger partial charge in [0.25, 0.3) is 0 Å². The maximum absolute atomic E-state index is 13.1. The Hall–Kier alpha value is -3.35. The number of ether oxygens (including phenoxy) is 1. The lowest BCUT2D eigenvalue weighted by Gasteiger charge is -2.35. The molecule has 0 radical (unpaired) electrons. The summed E-state index contributed by atoms with van der Waals surface area (Å²) in [6, 6.07) is 15.9. The second-order valence-corrected chi connectivity index (χ2v) is 9.55. The van der Waals surface area contributed by atoms with Crippen LogP contribution in [0.1, 0.15) is 69.4 Å². The fourth-order valence-electron chi connectivity index (χ4n) is 5.52. The summed E-state index contributed by atoms with van der Waals surface area (Å²) in [5, 5.41) is 15.4. The van der Waals surface area contributed by atoms with Gasteiger partial charge >= 0.3 is 12.1 Å². The van der Waals surface area contributed by atoms with Gasteiger partial charge in [-0.3, -0.25) is 4.79 Å². The Morgan fingerprint density at radius 2 is 1.51 bits per heavy atom. The van der Waals surface area contributed by atoms with Gasteiger partial charge < -0.3 is 20.5 Å². The van der Waals surface area contributed by atoms with Crippen LogP contribution < -0.4 is 10.6 Å². The molecule has 4 rings (SSSR count). The molecular weight excluding hydrogens is 444 g/mol. The standard InChI is InChI=1S/C28H34N2O5/c1-3-28(4-2,26(32)33)30-25(31)22-15-9-10-16-24(22)29-27(34)35-17-23-20-13-7-5-11-18(20)19-12-6-8-14-21(19)23/h5-8,11-14,22-24H,3-4,9-10,15-17H2,1-2H3,(H,29,34)(H,30,31)(H,32,33)/t22-,24+/m1/s1. The van der Waals surface area contributed by atoms with E-state index in [9.17, 15) is 19.5 Å². The molecule has 3 N–H and O–H groups in total. The van der Waals surface area contributed by atoms with E-state index in [0.717, 1.165) is 35.1 Å². The first-order valence-electron chi connectivity index (χ1n) is 12.6. The van der Waals surface area contributed by atoms with Crippen molar-refractivity contribution in [2.75, 3.05) is 6.61 Å². The van der Waals surface area contributed by atoms with Gasteiger partial charge in [-0.15, -0.1) is 0 Å². The van der Waals surface area contributed by atoms with Crippen molar-refractivity contribution in [2.45, 2.75) is 69.9 Å². The van der Waals surface area contributed by atoms with Crippen LogP contribution in [0.5, 0.6) is 0 Å². The number of amides is 2. The lowest BCUT2D eigenvalue weighted by atomic mass is 9.82. The van der Waals surface area contributed by atoms with E-state index in [-0.39, 0.29) is 24.5 Å². The van der Waals surface area contributed by atoms with Crippen LogP contribution in [0.2, 0.25) is 0 Å². The number of rotatable bonds is 8. The lowest BCUT2D eigenvalue weighted by molar-refractivity contribution is -0.149. The molecule has 186 valence electrons. The average Bonchev–Trinajstić information content (AvgIpc) is 3.20. The van der Waals surface area contributed by atoms with Crippen LogP contribution in [0.25, 0.3) is 11.1 Å². The SMILES string of the molecule is CCC(CC)(NC(=O)[C@@H]1CCCC[C@@H]1NC(=O)OCC1c2ccccc2-c2ccccc21)C(=O)O. The molecule has 0 unspecified atom stereocenters. The monoisotopic (exact) mass is 478 g/mol. The summed E-state index contributed by atoms with van der Waals surface area (Å²) in [5.41, 5.74) is 3.31. The Morgan fingerprint density at radius 3 is 2.09 bits per heavy atom. The molecule has 1 fully saturated rings. The molecule has 0 spiro atoms. The van der Waals surface area contributed by atoms with Crippen LogP contribution in [0.3, 0.4) is 0 Å². The fraction of sp³-hybridized carbons (Fsp3) is 0.464. The van der Waals surface area contributed by atoms with Gasteiger partial charge in [-0.25, -0.2) is 9.59 Å². The summed E-state index contributed by atoms with van der Waals surface area (Å²) in [4.78, 5) is 37.8. The first kappa shape index (κ1) is 24.8. The third-order valence-electron chi connectivity index (χ3n) is 7.73. The van der Waals surface area contributed by atoms with Gasteiger partial charge in [-0.05, 0) is 47.9 Å². The van der Waals surface area contributed by atoms with Crippen molar-refractivity contribution in [1.82, 2.24) is 10.6 Å². The molecule has 0 aromatic heterocycles. The number of nitrogens with one attached hydrogen (secondary N) is 2. The molecule has 2 aliphatic carbocycles. The lowest BCUT2D eigenvalue weighted by Crippen LogP contribution is -2.58. The molecule has 0 bridgehead atoms. The van der Waals surface area contributed by atoms with Gasteiger partial charge in [-0.2, -0.15) is 0 Å². The average molecular weight is 479 g/mol. The number of benzene rings is 2. The fourth-order valence-corrected chi connectivity index (χ4v) is 5.52. The second kappa shape index (κ2) is 10.5. The Morgan fingerprint density at radius 1 is 0.943 bits per heavy atom. The zero-order chi connectivity index (χ0) is 25.0. The molecule has 2 aromatic carbocycles. The molecule has 0 aliphatic heterocycles. The zero-order valence-electron chi connectivity index (χ0n) is 20.4. The van der Waals surface area contributed by atoms with Gasteiger partial charge in [0.15, 0.2) is 0 Å². The number of hydrogen-bond acceptors (Lipinski definition) is 4. The smallest absolute Gasteiger partial charge is 0.407 e. The molecule has 35 heavy (non-hydrogen) atoms. The minimum Gasteiger partial charge on any atom is -0.480 e. The highest BCUT2D eigenvalue weighted by Gasteiger charge is 2.41. The van der Waals surface area contributed by atoms with E-state index in [2.05, 4.69) is 34.9 Å². The number of hydrogen-bond donors (Lipinski definition) is 3. The molecule has 1 saturated carbocycles. The largest absolute Gasteiger partial charge is 0.480 e. The van der Waals surface area contributed by atoms with Crippen molar-refractivity contribution in [3.05, 3.63) is 59.7 Å². The highest BCUT2D eigenvalue weighted by Crippen LogP contribution is 2.44. The van der Waals surface area contributed by atoms with Crippen LogP contribution in [0.15, 0.2) is 48.5 Å². The van der Waals surface area contributed by atoms with Crippen LogP contribution in [0, 0.1) is 5.92 Å². The predicted octanol–water partition coefficient (Wildman–Crippen LogP) is 4.84. The third kappa shape index (κ3) is 4.90. The van der Waals surface area contributed by atoms with Gasteiger partial charge in [-0.1, -0.05) is 75.2 Å². The number of carbonyl (C=O) groups is 3. The van der Waals surface area contributed by atoms with Crippen molar-refractivity contribution < 1.29 is 24.2 Å². The Kier molecular flexibility index (Phi) is 7.43. The van der Waals surface area contributed by atoms with E-state index in [1.165, 1.54) is 0 Å². The summed E-state index contributed by atoms with van der Waals surface area (Å²) in [7, 11) is 0. The zero-order valence-corrected chi connectivity index (χ0v) is 20.4. The second-order valence-electron chi connectivity index (χ2n) is 9.55. The van der Waals surface area contributed by atoms with E-state index >= 15 is 0 Å². The summed E-state index contributed by atoms with van der Waals surface area (Å²) >= 11 is 0. The molecule has 0 heterocycles. The number of carboxylic acid groups (broad SMARTS) is 1. The molecule has 0 saturated heterocycles. The highest BCUT2D eigenvalue weighted by atomic mass is 16.5. The number of carboxylic acids is 1. The van der Waals surface area contributed by atoms with E-state index in [4.69, 9.17) is 4.74 Å². The quantitative estimate of drug-likeness (QED) is 0.503. The molecule has 2 atom stereocenters. The number of aliphatic carboxylic acids is 1. The Bertz CT molecular complexity index is 1050. The summed E-state index contributed by atoms with van der Waals surface area (Å²) in [6.07, 6.45) is 3.04. The van der Waals surface area contributed by atoms with Crippen LogP contribution >= 0.6 is 0 Å². The molecule has 7 nitrogen and oxygen atoms in total. The summed E-state index contributed by atoms with van der Waals surface area (Å²) < 4.78 is 5.68. The molecule has 2 aromatic rings. The molecule has 2 amide bonds. The maximum atomic E-state index is 13.1. The molecule has 7 heteroatoms. The van der Waals surface area contributed by atoms with Gasteiger partial charge in [0, 0.05) is 12.0 Å². The topological polar surface area (TPSA) is 105 Å². The predicted molar refractivity (Wildman–Crippen MR) is 133 cm³/mol. The van der Waals surface area contributed by atoms with Crippen LogP contribution in [-0.2, 0) is 14.3 Å². The normalized spacial score (nSPS) is 19.4. The minimum atomic E-state index is -1.29. The van der Waals surface area contributed by atoms with E-state index in [1.807, 2.05) is 24.3 Å². The van der Waals surface area contributed by atoms with E-state index < -0.39 is 23.5 Å². The summed E-state index contributed by atoms with van der Waals surface area (Å²) in [5.74, 6) is -1.88. The molecule has 2 aliphatic rings. The van der Waals surface area contributed by atoms with Crippen molar-refractivity contribution in [3.8, 4) is 11.1 Å². The minimum absolute atomic E-state index is 0.0381. The van der Waals surface area contributed by atoms with Crippen molar-refractivity contribution in [1.29, 1.82) is 0 Å². The number of alkyl carbamates (subject to hydrolysis) is 1. The van der Waals surface area contributed by atoms with Crippen molar-refractivity contribution >= 4 is 18.0 Å². The Labute approximate surface area is 206 Å². The van der Waals surface area contributed by atoms with Crippen LogP contribution in [0.4, 0.5) is 4.79 Å². The Balaban J connectivity index is 1.41. The molecular formula is C28H34N2O5. The van der Waals surface area contributed by atoms with Crippen LogP contribution in [-0.4, -0.2) is 41.3 Å². The first-order valence-corrected chi connectivity index (χ1v) is 12.6. The van der Waals surface area contributed by atoms with E-state index in [0.29, 0.717) is 25.7 Å².